The molecule has 112 valence electrons. The summed E-state index contributed by atoms with van der Waals surface area (Å²) >= 11 is 5.96. The second kappa shape index (κ2) is 8.02. The smallest absolute Gasteiger partial charge is 0.0579 e. The highest BCUT2D eigenvalue weighted by atomic mass is 35.5. The van der Waals surface area contributed by atoms with Crippen LogP contribution in [0.3, 0.4) is 0 Å². The van der Waals surface area contributed by atoms with Crippen LogP contribution in [0.1, 0.15) is 38.7 Å². The summed E-state index contributed by atoms with van der Waals surface area (Å²) in [6, 6.07) is 8.78. The van der Waals surface area contributed by atoms with Crippen LogP contribution in [0.15, 0.2) is 24.3 Å². The fourth-order valence-corrected chi connectivity index (χ4v) is 2.92. The zero-order chi connectivity index (χ0) is 14.4. The first-order valence-electron chi connectivity index (χ1n) is 7.73. The maximum Gasteiger partial charge on any atom is 0.0579 e. The predicted molar refractivity (Wildman–Crippen MR) is 85.4 cm³/mol. The molecule has 1 fully saturated rings. The molecule has 2 rings (SSSR count). The molecule has 0 amide bonds. The topological polar surface area (TPSA) is 21.3 Å². The molecule has 0 saturated carbocycles. The van der Waals surface area contributed by atoms with Crippen LogP contribution in [0.4, 0.5) is 0 Å². The number of halogens is 1. The molecule has 1 saturated heterocycles. The Hall–Kier alpha value is -0.570. The largest absolute Gasteiger partial charge is 0.378 e. The quantitative estimate of drug-likeness (QED) is 0.819. The van der Waals surface area contributed by atoms with E-state index in [1.54, 1.807) is 0 Å². The fraction of sp³-hybridized carbons (Fsp3) is 0.647. The minimum atomic E-state index is 0.460. The Bertz CT molecular complexity index is 384. The van der Waals surface area contributed by atoms with E-state index in [4.69, 9.17) is 16.3 Å². The van der Waals surface area contributed by atoms with Gasteiger partial charge in [0.15, 0.2) is 0 Å². The van der Waals surface area contributed by atoms with Gasteiger partial charge in [-0.2, -0.15) is 0 Å². The van der Waals surface area contributed by atoms with Gasteiger partial charge >= 0.3 is 0 Å². The van der Waals surface area contributed by atoms with Gasteiger partial charge in [-0.15, -0.1) is 0 Å². The van der Waals surface area contributed by atoms with Crippen LogP contribution in [0.2, 0.25) is 5.02 Å². The van der Waals surface area contributed by atoms with Crippen molar-refractivity contribution < 1.29 is 4.74 Å². The van der Waals surface area contributed by atoms with Crippen LogP contribution >= 0.6 is 11.6 Å². The molecule has 0 aromatic heterocycles. The molecule has 2 unspecified atom stereocenters. The number of hydrogen-bond donors (Lipinski definition) is 1. The van der Waals surface area contributed by atoms with E-state index in [0.717, 1.165) is 31.0 Å². The Morgan fingerprint density at radius 1 is 1.30 bits per heavy atom. The summed E-state index contributed by atoms with van der Waals surface area (Å²) in [6.45, 7) is 6.40. The minimum Gasteiger partial charge on any atom is -0.378 e. The molecule has 2 atom stereocenters. The van der Waals surface area contributed by atoms with Crippen LogP contribution in [-0.4, -0.2) is 25.3 Å². The molecule has 1 aromatic carbocycles. The Labute approximate surface area is 127 Å². The summed E-state index contributed by atoms with van der Waals surface area (Å²) in [4.78, 5) is 0. The maximum atomic E-state index is 5.96. The average Bonchev–Trinajstić information content (AvgIpc) is 2.91. The van der Waals surface area contributed by atoms with Gasteiger partial charge in [-0.1, -0.05) is 37.6 Å². The highest BCUT2D eigenvalue weighted by Gasteiger charge is 2.21. The van der Waals surface area contributed by atoms with E-state index in [-0.39, 0.29) is 0 Å². The van der Waals surface area contributed by atoms with Crippen molar-refractivity contribution in [3.63, 3.8) is 0 Å². The zero-order valence-electron chi connectivity index (χ0n) is 12.6. The lowest BCUT2D eigenvalue weighted by Gasteiger charge is -2.22. The SMILES string of the molecule is CC(C)NCC(Cc1ccc(Cl)cc1)CC1CCCO1. The van der Waals surface area contributed by atoms with E-state index in [1.807, 2.05) is 12.1 Å². The van der Waals surface area contributed by atoms with Crippen molar-refractivity contribution >= 4 is 11.6 Å². The third-order valence-electron chi connectivity index (χ3n) is 3.87. The van der Waals surface area contributed by atoms with Gasteiger partial charge in [0, 0.05) is 17.7 Å². The van der Waals surface area contributed by atoms with Crippen LogP contribution in [0.25, 0.3) is 0 Å². The predicted octanol–water partition coefficient (Wildman–Crippen LogP) is 4.07. The van der Waals surface area contributed by atoms with Gasteiger partial charge < -0.3 is 10.1 Å². The molecule has 1 aliphatic rings. The summed E-state index contributed by atoms with van der Waals surface area (Å²) in [6.07, 6.45) is 5.15. The van der Waals surface area contributed by atoms with E-state index < -0.39 is 0 Å². The standard InChI is InChI=1S/C17H26ClNO/c1-13(2)19-12-15(11-17-4-3-9-20-17)10-14-5-7-16(18)8-6-14/h5-8,13,15,17,19H,3-4,9-12H2,1-2H3. The fourth-order valence-electron chi connectivity index (χ4n) is 2.80. The van der Waals surface area contributed by atoms with E-state index >= 15 is 0 Å². The van der Waals surface area contributed by atoms with Crippen molar-refractivity contribution in [2.24, 2.45) is 5.92 Å². The van der Waals surface area contributed by atoms with Crippen molar-refractivity contribution in [2.75, 3.05) is 13.2 Å². The first kappa shape index (κ1) is 15.8. The lowest BCUT2D eigenvalue weighted by molar-refractivity contribution is 0.0889. The van der Waals surface area contributed by atoms with Crippen LogP contribution < -0.4 is 5.32 Å². The summed E-state index contributed by atoms with van der Waals surface area (Å²) in [5.41, 5.74) is 1.36. The normalized spacial score (nSPS) is 20.5. The number of nitrogens with one attached hydrogen (secondary N) is 1. The minimum absolute atomic E-state index is 0.460. The van der Waals surface area contributed by atoms with Crippen molar-refractivity contribution in [1.29, 1.82) is 0 Å². The molecule has 2 nitrogen and oxygen atoms in total. The Kier molecular flexibility index (Phi) is 6.34. The van der Waals surface area contributed by atoms with Gasteiger partial charge in [-0.05, 0) is 55.8 Å². The lowest BCUT2D eigenvalue weighted by Crippen LogP contribution is -2.31. The third kappa shape index (κ3) is 5.43. The first-order chi connectivity index (χ1) is 9.63. The van der Waals surface area contributed by atoms with Gasteiger partial charge in [0.25, 0.3) is 0 Å². The second-order valence-electron chi connectivity index (χ2n) is 6.13. The van der Waals surface area contributed by atoms with Crippen molar-refractivity contribution in [3.8, 4) is 0 Å². The molecule has 3 heteroatoms. The second-order valence-corrected chi connectivity index (χ2v) is 6.57. The molecule has 0 radical (unpaired) electrons. The zero-order valence-corrected chi connectivity index (χ0v) is 13.3. The highest BCUT2D eigenvalue weighted by molar-refractivity contribution is 6.30. The van der Waals surface area contributed by atoms with E-state index in [2.05, 4.69) is 31.3 Å². The molecule has 0 aliphatic carbocycles. The van der Waals surface area contributed by atoms with Crippen LogP contribution in [-0.2, 0) is 11.2 Å². The maximum absolute atomic E-state index is 5.96. The molecule has 1 heterocycles. The summed E-state index contributed by atoms with van der Waals surface area (Å²) in [7, 11) is 0. The van der Waals surface area contributed by atoms with Crippen LogP contribution in [0, 0.1) is 5.92 Å². The number of ether oxygens (including phenoxy) is 1. The van der Waals surface area contributed by atoms with Gasteiger partial charge in [-0.3, -0.25) is 0 Å². The molecular weight excluding hydrogens is 270 g/mol. The molecule has 0 spiro atoms. The summed E-state index contributed by atoms with van der Waals surface area (Å²) in [5, 5.41) is 4.38. The first-order valence-corrected chi connectivity index (χ1v) is 8.10. The third-order valence-corrected chi connectivity index (χ3v) is 4.12. The van der Waals surface area contributed by atoms with Gasteiger partial charge in [0.2, 0.25) is 0 Å². The molecule has 0 bridgehead atoms. The Morgan fingerprint density at radius 2 is 2.05 bits per heavy atom. The monoisotopic (exact) mass is 295 g/mol. The lowest BCUT2D eigenvalue weighted by atomic mass is 9.92. The molecule has 1 N–H and O–H groups in total. The van der Waals surface area contributed by atoms with Crippen LogP contribution in [0.5, 0.6) is 0 Å². The highest BCUT2D eigenvalue weighted by Crippen LogP contribution is 2.23. The number of benzene rings is 1. The summed E-state index contributed by atoms with van der Waals surface area (Å²) in [5.74, 6) is 0.627. The Balaban J connectivity index is 1.91. The van der Waals surface area contributed by atoms with Gasteiger partial charge in [0.1, 0.15) is 0 Å². The molecule has 1 aliphatic heterocycles. The van der Waals surface area contributed by atoms with Crippen molar-refractivity contribution in [3.05, 3.63) is 34.9 Å². The number of rotatable bonds is 7. The van der Waals surface area contributed by atoms with Crippen molar-refractivity contribution in [1.82, 2.24) is 5.32 Å². The summed E-state index contributed by atoms with van der Waals surface area (Å²) < 4.78 is 5.80. The van der Waals surface area contributed by atoms with Gasteiger partial charge in [-0.25, -0.2) is 0 Å². The van der Waals surface area contributed by atoms with E-state index in [1.165, 1.54) is 18.4 Å². The number of hydrogen-bond acceptors (Lipinski definition) is 2. The van der Waals surface area contributed by atoms with Gasteiger partial charge in [0.05, 0.1) is 6.10 Å². The molecule has 20 heavy (non-hydrogen) atoms. The molecular formula is C17H26ClNO. The van der Waals surface area contributed by atoms with E-state index in [0.29, 0.717) is 18.1 Å². The van der Waals surface area contributed by atoms with Crippen molar-refractivity contribution in [2.45, 2.75) is 51.7 Å². The van der Waals surface area contributed by atoms with E-state index in [9.17, 15) is 0 Å². The molecule has 1 aromatic rings. The Morgan fingerprint density at radius 3 is 2.65 bits per heavy atom. The average molecular weight is 296 g/mol.